The Morgan fingerprint density at radius 2 is 1.62 bits per heavy atom. The summed E-state index contributed by atoms with van der Waals surface area (Å²) < 4.78 is 5.34. The van der Waals surface area contributed by atoms with Crippen LogP contribution in [-0.4, -0.2) is 23.7 Å². The third kappa shape index (κ3) is 6.06. The minimum Gasteiger partial charge on any atom is -0.481 e. The van der Waals surface area contributed by atoms with Crippen LogP contribution in [0.4, 0.5) is 0 Å². The molecule has 21 heavy (non-hydrogen) atoms. The molecule has 0 bridgehead atoms. The molecule has 124 valence electrons. The predicted molar refractivity (Wildman–Crippen MR) is 84.1 cm³/mol. The lowest BCUT2D eigenvalue weighted by atomic mass is 9.68. The highest BCUT2D eigenvalue weighted by Crippen LogP contribution is 2.40. The summed E-state index contributed by atoms with van der Waals surface area (Å²) in [6, 6.07) is 0. The van der Waals surface area contributed by atoms with E-state index in [9.17, 15) is 14.7 Å². The van der Waals surface area contributed by atoms with Crippen molar-refractivity contribution in [3.05, 3.63) is 0 Å². The topological polar surface area (TPSA) is 63.6 Å². The highest BCUT2D eigenvalue weighted by Gasteiger charge is 2.43. The van der Waals surface area contributed by atoms with Gasteiger partial charge < -0.3 is 9.84 Å². The van der Waals surface area contributed by atoms with Gasteiger partial charge in [0, 0.05) is 12.3 Å². The van der Waals surface area contributed by atoms with Crippen molar-refractivity contribution in [3.63, 3.8) is 0 Å². The van der Waals surface area contributed by atoms with Crippen molar-refractivity contribution in [3.8, 4) is 0 Å². The van der Waals surface area contributed by atoms with Gasteiger partial charge in [-0.2, -0.15) is 0 Å². The molecular formula is C17H32O4. The fourth-order valence-corrected chi connectivity index (χ4v) is 3.07. The summed E-state index contributed by atoms with van der Waals surface area (Å²) in [5, 5.41) is 9.75. The Balaban J connectivity index is 4.88. The zero-order valence-electron chi connectivity index (χ0n) is 14.1. The molecule has 0 spiro atoms. The fourth-order valence-electron chi connectivity index (χ4n) is 3.07. The zero-order chi connectivity index (χ0) is 16.3. The molecule has 0 rings (SSSR count). The van der Waals surface area contributed by atoms with Crippen LogP contribution in [0.15, 0.2) is 0 Å². The van der Waals surface area contributed by atoms with Crippen LogP contribution in [0.5, 0.6) is 0 Å². The number of rotatable bonds is 12. The SMILES string of the molecule is CCCCC(=O)OCC(CC)C(CCC)(CCC)C(=O)O. The van der Waals surface area contributed by atoms with E-state index < -0.39 is 11.4 Å². The Kier molecular flexibility index (Phi) is 10.1. The van der Waals surface area contributed by atoms with Crippen LogP contribution in [0, 0.1) is 11.3 Å². The number of esters is 1. The predicted octanol–water partition coefficient (Wildman–Crippen LogP) is 4.42. The molecular weight excluding hydrogens is 268 g/mol. The molecule has 0 fully saturated rings. The molecule has 0 saturated heterocycles. The molecule has 0 amide bonds. The summed E-state index contributed by atoms with van der Waals surface area (Å²) in [5.41, 5.74) is -0.761. The van der Waals surface area contributed by atoms with Crippen LogP contribution in [-0.2, 0) is 14.3 Å². The van der Waals surface area contributed by atoms with Crippen molar-refractivity contribution >= 4 is 11.9 Å². The van der Waals surface area contributed by atoms with Crippen LogP contribution in [0.3, 0.4) is 0 Å². The van der Waals surface area contributed by atoms with Crippen LogP contribution in [0.1, 0.15) is 79.1 Å². The van der Waals surface area contributed by atoms with Crippen LogP contribution < -0.4 is 0 Å². The summed E-state index contributed by atoms with van der Waals surface area (Å²) in [6.45, 7) is 8.25. The first-order chi connectivity index (χ1) is 9.98. The highest BCUT2D eigenvalue weighted by atomic mass is 16.5. The van der Waals surface area contributed by atoms with Crippen molar-refractivity contribution in [2.24, 2.45) is 11.3 Å². The number of carbonyl (C=O) groups is 2. The first-order valence-corrected chi connectivity index (χ1v) is 8.37. The first-order valence-electron chi connectivity index (χ1n) is 8.37. The molecule has 0 aromatic carbocycles. The summed E-state index contributed by atoms with van der Waals surface area (Å²) in [5.74, 6) is -1.06. The van der Waals surface area contributed by atoms with Gasteiger partial charge in [0.25, 0.3) is 0 Å². The van der Waals surface area contributed by atoms with E-state index in [1.54, 1.807) is 0 Å². The third-order valence-corrected chi connectivity index (χ3v) is 4.27. The van der Waals surface area contributed by atoms with E-state index in [4.69, 9.17) is 4.74 Å². The van der Waals surface area contributed by atoms with Gasteiger partial charge in [-0.05, 0) is 25.7 Å². The number of unbranched alkanes of at least 4 members (excludes halogenated alkanes) is 1. The standard InChI is InChI=1S/C17H32O4/c1-5-9-10-15(18)21-13-14(8-4)17(11-6-2,12-7-3)16(19)20/h14H,5-13H2,1-4H3,(H,19,20). The molecule has 1 unspecified atom stereocenters. The number of carboxylic acid groups (broad SMARTS) is 1. The van der Waals surface area contributed by atoms with Gasteiger partial charge in [0.2, 0.25) is 0 Å². The second-order valence-corrected chi connectivity index (χ2v) is 5.85. The van der Waals surface area contributed by atoms with Crippen LogP contribution in [0.2, 0.25) is 0 Å². The number of carbonyl (C=O) groups excluding carboxylic acids is 1. The van der Waals surface area contributed by atoms with E-state index in [2.05, 4.69) is 0 Å². The number of ether oxygens (including phenoxy) is 1. The number of carboxylic acids is 1. The van der Waals surface area contributed by atoms with Gasteiger partial charge in [-0.3, -0.25) is 9.59 Å². The van der Waals surface area contributed by atoms with Gasteiger partial charge in [0.1, 0.15) is 0 Å². The number of hydrogen-bond donors (Lipinski definition) is 1. The summed E-state index contributed by atoms with van der Waals surface area (Å²) in [6.07, 6.45) is 5.85. The van der Waals surface area contributed by atoms with Gasteiger partial charge in [-0.1, -0.05) is 47.0 Å². The maximum absolute atomic E-state index is 11.9. The lowest BCUT2D eigenvalue weighted by Gasteiger charge is -2.36. The smallest absolute Gasteiger partial charge is 0.310 e. The van der Waals surface area contributed by atoms with E-state index in [0.29, 0.717) is 25.7 Å². The molecule has 1 atom stereocenters. The van der Waals surface area contributed by atoms with Crippen molar-refractivity contribution < 1.29 is 19.4 Å². The largest absolute Gasteiger partial charge is 0.481 e. The molecule has 0 aliphatic heterocycles. The van der Waals surface area contributed by atoms with E-state index in [-0.39, 0.29) is 18.5 Å². The lowest BCUT2D eigenvalue weighted by Crippen LogP contribution is -2.41. The van der Waals surface area contributed by atoms with E-state index >= 15 is 0 Å². The molecule has 0 saturated carbocycles. The monoisotopic (exact) mass is 300 g/mol. The zero-order valence-corrected chi connectivity index (χ0v) is 14.1. The number of hydrogen-bond acceptors (Lipinski definition) is 3. The highest BCUT2D eigenvalue weighted by molar-refractivity contribution is 5.75. The Morgan fingerprint density at radius 1 is 1.05 bits per heavy atom. The maximum atomic E-state index is 11.9. The molecule has 4 nitrogen and oxygen atoms in total. The Labute approximate surface area is 129 Å². The third-order valence-electron chi connectivity index (χ3n) is 4.27. The Morgan fingerprint density at radius 3 is 2.00 bits per heavy atom. The quantitative estimate of drug-likeness (QED) is 0.542. The van der Waals surface area contributed by atoms with Crippen molar-refractivity contribution in [1.29, 1.82) is 0 Å². The van der Waals surface area contributed by atoms with E-state index in [1.807, 2.05) is 27.7 Å². The molecule has 4 heteroatoms. The average Bonchev–Trinajstić information content (AvgIpc) is 2.45. The van der Waals surface area contributed by atoms with Crippen molar-refractivity contribution in [2.45, 2.75) is 79.1 Å². The Hall–Kier alpha value is -1.06. The minimum absolute atomic E-state index is 0.111. The maximum Gasteiger partial charge on any atom is 0.310 e. The molecule has 1 N–H and O–H groups in total. The van der Waals surface area contributed by atoms with E-state index in [1.165, 1.54) is 0 Å². The van der Waals surface area contributed by atoms with Crippen molar-refractivity contribution in [1.82, 2.24) is 0 Å². The second kappa shape index (κ2) is 10.6. The average molecular weight is 300 g/mol. The van der Waals surface area contributed by atoms with Gasteiger partial charge in [0.15, 0.2) is 0 Å². The first kappa shape index (κ1) is 19.9. The summed E-state index contributed by atoms with van der Waals surface area (Å²) in [7, 11) is 0. The second-order valence-electron chi connectivity index (χ2n) is 5.85. The van der Waals surface area contributed by atoms with Gasteiger partial charge in [0.05, 0.1) is 12.0 Å². The fraction of sp³-hybridized carbons (Fsp3) is 0.882. The van der Waals surface area contributed by atoms with E-state index in [0.717, 1.165) is 25.7 Å². The van der Waals surface area contributed by atoms with Gasteiger partial charge in [-0.15, -0.1) is 0 Å². The summed E-state index contributed by atoms with van der Waals surface area (Å²) >= 11 is 0. The van der Waals surface area contributed by atoms with Crippen LogP contribution in [0.25, 0.3) is 0 Å². The molecule has 0 aliphatic rings. The molecule has 0 radical (unpaired) electrons. The molecule has 0 heterocycles. The van der Waals surface area contributed by atoms with Crippen LogP contribution >= 0.6 is 0 Å². The normalized spacial score (nSPS) is 13.0. The summed E-state index contributed by atoms with van der Waals surface area (Å²) in [4.78, 5) is 23.5. The van der Waals surface area contributed by atoms with Crippen molar-refractivity contribution in [2.75, 3.05) is 6.61 Å². The molecule has 0 aromatic rings. The minimum atomic E-state index is -0.761. The lowest BCUT2D eigenvalue weighted by molar-refractivity contribution is -0.160. The Bertz CT molecular complexity index is 306. The molecule has 0 aliphatic carbocycles. The van der Waals surface area contributed by atoms with Gasteiger partial charge >= 0.3 is 11.9 Å². The van der Waals surface area contributed by atoms with Gasteiger partial charge in [-0.25, -0.2) is 0 Å². The number of aliphatic carboxylic acids is 1. The molecule has 0 aromatic heterocycles.